The van der Waals surface area contributed by atoms with Gasteiger partial charge in [0.15, 0.2) is 9.84 Å². The minimum absolute atomic E-state index is 0.135. The molecule has 1 fully saturated rings. The molecule has 1 aromatic heterocycles. The minimum atomic E-state index is -3.40. The van der Waals surface area contributed by atoms with Crippen LogP contribution in [0.3, 0.4) is 0 Å². The molecule has 2 amide bonds. The van der Waals surface area contributed by atoms with Gasteiger partial charge in [0.1, 0.15) is 6.04 Å². The number of carbonyl (C=O) groups is 2. The third-order valence-corrected chi connectivity index (χ3v) is 8.28. The standard InChI is InChI=1S/C21H26N2O4S2/c1-14(2)19(23-20(24)18-11-6-12-28-18)21(25)22-15-7-5-10-17(13-15)29(26,27)16-8-3-4-9-16/h5-7,10-14,16,19H,3-4,8-9H2,1-2H3,(H,22,25)(H,23,24). The molecule has 1 unspecified atom stereocenters. The van der Waals surface area contributed by atoms with E-state index in [2.05, 4.69) is 10.6 Å². The molecule has 156 valence electrons. The van der Waals surface area contributed by atoms with Crippen LogP contribution in [0.1, 0.15) is 49.2 Å². The Balaban J connectivity index is 1.74. The first-order valence-corrected chi connectivity index (χ1v) is 12.2. The largest absolute Gasteiger partial charge is 0.339 e. The van der Waals surface area contributed by atoms with Crippen LogP contribution < -0.4 is 10.6 Å². The number of anilines is 1. The molecule has 8 heteroatoms. The van der Waals surface area contributed by atoms with E-state index in [1.165, 1.54) is 17.4 Å². The fourth-order valence-corrected chi connectivity index (χ4v) is 6.04. The smallest absolute Gasteiger partial charge is 0.262 e. The number of thiophene rings is 1. The fourth-order valence-electron chi connectivity index (χ4n) is 3.52. The molecule has 0 saturated heterocycles. The van der Waals surface area contributed by atoms with Gasteiger partial charge in [-0.3, -0.25) is 9.59 Å². The summed E-state index contributed by atoms with van der Waals surface area (Å²) >= 11 is 1.31. The van der Waals surface area contributed by atoms with Gasteiger partial charge in [0.05, 0.1) is 15.0 Å². The molecule has 1 aliphatic carbocycles. The summed E-state index contributed by atoms with van der Waals surface area (Å²) < 4.78 is 25.6. The van der Waals surface area contributed by atoms with Crippen molar-refractivity contribution in [2.75, 3.05) is 5.32 Å². The number of nitrogens with one attached hydrogen (secondary N) is 2. The topological polar surface area (TPSA) is 92.3 Å². The van der Waals surface area contributed by atoms with Gasteiger partial charge in [-0.15, -0.1) is 11.3 Å². The maximum Gasteiger partial charge on any atom is 0.262 e. The molecule has 1 atom stereocenters. The second kappa shape index (κ2) is 9.09. The summed E-state index contributed by atoms with van der Waals surface area (Å²) in [4.78, 5) is 25.9. The average Bonchev–Trinajstić information content (AvgIpc) is 3.39. The Labute approximate surface area is 175 Å². The van der Waals surface area contributed by atoms with Gasteiger partial charge in [-0.05, 0) is 48.4 Å². The molecule has 0 spiro atoms. The predicted octanol–water partition coefficient (Wildman–Crippen LogP) is 3.86. The number of rotatable bonds is 7. The molecule has 1 aliphatic rings. The Morgan fingerprint density at radius 1 is 1.10 bits per heavy atom. The molecule has 2 N–H and O–H groups in total. The zero-order valence-electron chi connectivity index (χ0n) is 16.6. The maximum absolute atomic E-state index is 12.8. The first-order chi connectivity index (χ1) is 13.8. The van der Waals surface area contributed by atoms with Gasteiger partial charge in [-0.25, -0.2) is 8.42 Å². The van der Waals surface area contributed by atoms with Crippen LogP contribution in [0.25, 0.3) is 0 Å². The summed E-state index contributed by atoms with van der Waals surface area (Å²) in [6.45, 7) is 3.69. The molecule has 1 saturated carbocycles. The summed E-state index contributed by atoms with van der Waals surface area (Å²) in [5.41, 5.74) is 0.407. The molecule has 29 heavy (non-hydrogen) atoms. The highest BCUT2D eigenvalue weighted by molar-refractivity contribution is 7.92. The monoisotopic (exact) mass is 434 g/mol. The third-order valence-electron chi connectivity index (χ3n) is 5.15. The quantitative estimate of drug-likeness (QED) is 0.692. The molecular weight excluding hydrogens is 408 g/mol. The molecule has 0 radical (unpaired) electrons. The van der Waals surface area contributed by atoms with E-state index in [0.29, 0.717) is 23.4 Å². The Morgan fingerprint density at radius 2 is 1.83 bits per heavy atom. The third kappa shape index (κ3) is 5.05. The Hall–Kier alpha value is -2.19. The van der Waals surface area contributed by atoms with Crippen LogP contribution in [0, 0.1) is 5.92 Å². The number of sulfone groups is 1. The van der Waals surface area contributed by atoms with E-state index < -0.39 is 15.9 Å². The summed E-state index contributed by atoms with van der Waals surface area (Å²) in [5.74, 6) is -0.809. The van der Waals surface area contributed by atoms with Gasteiger partial charge in [-0.2, -0.15) is 0 Å². The average molecular weight is 435 g/mol. The SMILES string of the molecule is CC(C)C(NC(=O)c1cccs1)C(=O)Nc1cccc(S(=O)(=O)C2CCCC2)c1. The van der Waals surface area contributed by atoms with E-state index in [4.69, 9.17) is 0 Å². The van der Waals surface area contributed by atoms with E-state index in [0.717, 1.165) is 12.8 Å². The Bertz CT molecular complexity index is 962. The van der Waals surface area contributed by atoms with Crippen LogP contribution in [-0.2, 0) is 14.6 Å². The van der Waals surface area contributed by atoms with Gasteiger partial charge in [0.25, 0.3) is 5.91 Å². The first-order valence-electron chi connectivity index (χ1n) is 9.78. The Morgan fingerprint density at radius 3 is 2.45 bits per heavy atom. The van der Waals surface area contributed by atoms with Gasteiger partial charge >= 0.3 is 0 Å². The minimum Gasteiger partial charge on any atom is -0.339 e. The molecule has 2 aromatic rings. The van der Waals surface area contributed by atoms with Crippen LogP contribution in [0.5, 0.6) is 0 Å². The van der Waals surface area contributed by atoms with Crippen molar-refractivity contribution < 1.29 is 18.0 Å². The van der Waals surface area contributed by atoms with Crippen molar-refractivity contribution in [3.05, 3.63) is 46.7 Å². The second-order valence-corrected chi connectivity index (χ2v) is 10.8. The number of hydrogen-bond acceptors (Lipinski definition) is 5. The van der Waals surface area contributed by atoms with E-state index in [9.17, 15) is 18.0 Å². The zero-order valence-corrected chi connectivity index (χ0v) is 18.2. The van der Waals surface area contributed by atoms with Gasteiger partial charge in [0, 0.05) is 5.69 Å². The second-order valence-electron chi connectivity index (χ2n) is 7.64. The van der Waals surface area contributed by atoms with Crippen molar-refractivity contribution in [2.24, 2.45) is 5.92 Å². The number of carbonyl (C=O) groups excluding carboxylic acids is 2. The zero-order chi connectivity index (χ0) is 21.0. The lowest BCUT2D eigenvalue weighted by Gasteiger charge is -2.21. The molecule has 0 bridgehead atoms. The molecule has 6 nitrogen and oxygen atoms in total. The van der Waals surface area contributed by atoms with Gasteiger partial charge in [0.2, 0.25) is 5.91 Å². The van der Waals surface area contributed by atoms with Crippen LogP contribution in [0.4, 0.5) is 5.69 Å². The van der Waals surface area contributed by atoms with Gasteiger partial charge < -0.3 is 10.6 Å². The summed E-state index contributed by atoms with van der Waals surface area (Å²) in [7, 11) is -3.40. The normalized spacial score (nSPS) is 16.0. The molecule has 0 aliphatic heterocycles. The lowest BCUT2D eigenvalue weighted by atomic mass is 10.0. The lowest BCUT2D eigenvalue weighted by Crippen LogP contribution is -2.46. The Kier molecular flexibility index (Phi) is 6.74. The van der Waals surface area contributed by atoms with Crippen LogP contribution in [0.2, 0.25) is 0 Å². The van der Waals surface area contributed by atoms with Crippen molar-refractivity contribution in [3.63, 3.8) is 0 Å². The van der Waals surface area contributed by atoms with Crippen LogP contribution >= 0.6 is 11.3 Å². The van der Waals surface area contributed by atoms with E-state index >= 15 is 0 Å². The van der Waals surface area contributed by atoms with E-state index in [-0.39, 0.29) is 27.9 Å². The molecule has 1 aromatic carbocycles. The number of benzene rings is 1. The summed E-state index contributed by atoms with van der Waals surface area (Å²) in [6.07, 6.45) is 3.23. The first kappa shape index (κ1) is 21.5. The van der Waals surface area contributed by atoms with E-state index in [1.54, 1.807) is 35.7 Å². The highest BCUT2D eigenvalue weighted by atomic mass is 32.2. The number of hydrogen-bond donors (Lipinski definition) is 2. The summed E-state index contributed by atoms with van der Waals surface area (Å²) in [6, 6.07) is 9.11. The predicted molar refractivity (Wildman–Crippen MR) is 115 cm³/mol. The lowest BCUT2D eigenvalue weighted by molar-refractivity contribution is -0.118. The highest BCUT2D eigenvalue weighted by Crippen LogP contribution is 2.30. The summed E-state index contributed by atoms with van der Waals surface area (Å²) in [5, 5.41) is 6.99. The van der Waals surface area contributed by atoms with Crippen molar-refractivity contribution in [3.8, 4) is 0 Å². The molecule has 1 heterocycles. The van der Waals surface area contributed by atoms with E-state index in [1.807, 2.05) is 13.8 Å². The van der Waals surface area contributed by atoms with Crippen molar-refractivity contribution >= 4 is 38.7 Å². The molecule has 3 rings (SSSR count). The van der Waals surface area contributed by atoms with Gasteiger partial charge in [-0.1, -0.05) is 38.8 Å². The van der Waals surface area contributed by atoms with Crippen molar-refractivity contribution in [2.45, 2.75) is 55.7 Å². The maximum atomic E-state index is 12.8. The van der Waals surface area contributed by atoms with Crippen LogP contribution in [-0.4, -0.2) is 31.5 Å². The molecular formula is C21H26N2O4S2. The number of amides is 2. The highest BCUT2D eigenvalue weighted by Gasteiger charge is 2.31. The van der Waals surface area contributed by atoms with Crippen molar-refractivity contribution in [1.29, 1.82) is 0 Å². The fraction of sp³-hybridized carbons (Fsp3) is 0.429. The van der Waals surface area contributed by atoms with Crippen molar-refractivity contribution in [1.82, 2.24) is 5.32 Å². The van der Waals surface area contributed by atoms with Crippen LogP contribution in [0.15, 0.2) is 46.7 Å².